The SMILES string of the molecule is Cc1cc(C(=O)Cn2nc(C(=O)O)c3ccccc3c2=O)c(C)n1CCC1=CCCCC1. The van der Waals surface area contributed by atoms with Gasteiger partial charge in [-0.15, -0.1) is 0 Å². The van der Waals surface area contributed by atoms with E-state index in [0.717, 1.165) is 41.9 Å². The number of Topliss-reactive ketones (excluding diaryl/α,β-unsaturated/α-hetero) is 1. The van der Waals surface area contributed by atoms with Gasteiger partial charge in [-0.1, -0.05) is 29.8 Å². The molecule has 0 unspecified atom stereocenters. The maximum atomic E-state index is 13.1. The highest BCUT2D eigenvalue weighted by molar-refractivity contribution is 6.01. The van der Waals surface area contributed by atoms with Crippen LogP contribution in [-0.2, 0) is 13.1 Å². The second kappa shape index (κ2) is 8.94. The van der Waals surface area contributed by atoms with Crippen molar-refractivity contribution in [2.24, 2.45) is 0 Å². The van der Waals surface area contributed by atoms with Gasteiger partial charge in [0.25, 0.3) is 5.56 Å². The molecule has 0 aliphatic heterocycles. The average Bonchev–Trinajstić information content (AvgIpc) is 3.08. The summed E-state index contributed by atoms with van der Waals surface area (Å²) in [6.45, 7) is 4.39. The molecule has 4 rings (SSSR count). The number of fused-ring (bicyclic) bond motifs is 1. The molecule has 32 heavy (non-hydrogen) atoms. The number of hydrogen-bond donors (Lipinski definition) is 1. The van der Waals surface area contributed by atoms with Crippen LogP contribution in [0.25, 0.3) is 10.8 Å². The van der Waals surface area contributed by atoms with Gasteiger partial charge < -0.3 is 9.67 Å². The van der Waals surface area contributed by atoms with Gasteiger partial charge in [0, 0.05) is 28.9 Å². The number of carboxylic acids is 1. The molecule has 0 fully saturated rings. The van der Waals surface area contributed by atoms with Crippen LogP contribution in [0.4, 0.5) is 0 Å². The van der Waals surface area contributed by atoms with Crippen molar-refractivity contribution in [2.75, 3.05) is 0 Å². The molecule has 1 N–H and O–H groups in total. The van der Waals surface area contributed by atoms with Crippen molar-refractivity contribution < 1.29 is 14.7 Å². The van der Waals surface area contributed by atoms with E-state index >= 15 is 0 Å². The summed E-state index contributed by atoms with van der Waals surface area (Å²) >= 11 is 0. The molecule has 7 nitrogen and oxygen atoms in total. The van der Waals surface area contributed by atoms with Crippen LogP contribution in [0.2, 0.25) is 0 Å². The number of aromatic carboxylic acids is 1. The van der Waals surface area contributed by atoms with Gasteiger partial charge in [-0.05, 0) is 58.1 Å². The molecule has 1 aliphatic rings. The number of aryl methyl sites for hydroxylation is 1. The fraction of sp³-hybridized carbons (Fsp3) is 0.360. The van der Waals surface area contributed by atoms with Crippen LogP contribution in [0, 0.1) is 13.8 Å². The zero-order valence-corrected chi connectivity index (χ0v) is 18.4. The highest BCUT2D eigenvalue weighted by Crippen LogP contribution is 2.23. The molecule has 0 amide bonds. The number of nitrogens with zero attached hydrogens (tertiary/aromatic N) is 3. The van der Waals surface area contributed by atoms with Gasteiger partial charge in [0.05, 0.1) is 5.39 Å². The van der Waals surface area contributed by atoms with Gasteiger partial charge in [-0.2, -0.15) is 5.10 Å². The van der Waals surface area contributed by atoms with Crippen LogP contribution in [0.5, 0.6) is 0 Å². The van der Waals surface area contributed by atoms with Crippen molar-refractivity contribution in [1.29, 1.82) is 0 Å². The zero-order valence-electron chi connectivity index (χ0n) is 18.4. The molecule has 0 saturated heterocycles. The predicted molar refractivity (Wildman–Crippen MR) is 122 cm³/mol. The second-order valence-electron chi connectivity index (χ2n) is 8.38. The van der Waals surface area contributed by atoms with Crippen LogP contribution in [0.15, 0.2) is 46.8 Å². The van der Waals surface area contributed by atoms with E-state index < -0.39 is 11.5 Å². The first kappa shape index (κ1) is 21.7. The lowest BCUT2D eigenvalue weighted by atomic mass is 9.97. The van der Waals surface area contributed by atoms with Crippen LogP contribution in [0.1, 0.15) is 64.3 Å². The van der Waals surface area contributed by atoms with Crippen molar-refractivity contribution in [3.63, 3.8) is 0 Å². The van der Waals surface area contributed by atoms with E-state index in [1.165, 1.54) is 18.4 Å². The van der Waals surface area contributed by atoms with E-state index in [4.69, 9.17) is 0 Å². The third-order valence-electron chi connectivity index (χ3n) is 6.28. The Hall–Kier alpha value is -3.48. The number of carbonyl (C=O) groups excluding carboxylic acids is 1. The number of ketones is 1. The molecule has 0 saturated carbocycles. The van der Waals surface area contributed by atoms with E-state index in [1.54, 1.807) is 24.3 Å². The molecule has 2 aromatic heterocycles. The molecule has 0 spiro atoms. The van der Waals surface area contributed by atoms with E-state index in [1.807, 2.05) is 19.9 Å². The molecular weight excluding hydrogens is 406 g/mol. The molecule has 0 atom stereocenters. The largest absolute Gasteiger partial charge is 0.476 e. The minimum absolute atomic E-state index is 0.235. The Balaban J connectivity index is 1.61. The monoisotopic (exact) mass is 433 g/mol. The van der Waals surface area contributed by atoms with Gasteiger partial charge in [0.1, 0.15) is 6.54 Å². The summed E-state index contributed by atoms with van der Waals surface area (Å²) in [4.78, 5) is 37.6. The molecule has 0 bridgehead atoms. The molecule has 166 valence electrons. The normalized spacial score (nSPS) is 13.9. The zero-order chi connectivity index (χ0) is 22.8. The quantitative estimate of drug-likeness (QED) is 0.443. The van der Waals surface area contributed by atoms with Gasteiger partial charge in [0.2, 0.25) is 0 Å². The van der Waals surface area contributed by atoms with Crippen LogP contribution < -0.4 is 5.56 Å². The molecule has 1 aromatic carbocycles. The molecule has 3 aromatic rings. The van der Waals surface area contributed by atoms with Crippen LogP contribution in [0.3, 0.4) is 0 Å². The lowest BCUT2D eigenvalue weighted by Crippen LogP contribution is -2.29. The third-order valence-corrected chi connectivity index (χ3v) is 6.28. The first-order valence-corrected chi connectivity index (χ1v) is 11.0. The summed E-state index contributed by atoms with van der Waals surface area (Å²) in [5.74, 6) is -1.50. The second-order valence-corrected chi connectivity index (χ2v) is 8.38. The van der Waals surface area contributed by atoms with Crippen molar-refractivity contribution in [2.45, 2.75) is 59.0 Å². The van der Waals surface area contributed by atoms with Crippen molar-refractivity contribution in [1.82, 2.24) is 14.3 Å². The molecule has 7 heteroatoms. The van der Waals surface area contributed by atoms with Gasteiger partial charge in [-0.3, -0.25) is 9.59 Å². The summed E-state index contributed by atoms with van der Waals surface area (Å²) in [6, 6.07) is 8.27. The van der Waals surface area contributed by atoms with Gasteiger partial charge >= 0.3 is 5.97 Å². The Morgan fingerprint density at radius 3 is 2.56 bits per heavy atom. The van der Waals surface area contributed by atoms with Crippen LogP contribution in [-0.4, -0.2) is 31.2 Å². The van der Waals surface area contributed by atoms with Gasteiger partial charge in [-0.25, -0.2) is 9.48 Å². The minimum Gasteiger partial charge on any atom is -0.476 e. The Morgan fingerprint density at radius 1 is 1.12 bits per heavy atom. The number of aromatic nitrogens is 3. The van der Waals surface area contributed by atoms with E-state index in [2.05, 4.69) is 15.7 Å². The minimum atomic E-state index is -1.24. The Bertz CT molecular complexity index is 1300. The highest BCUT2D eigenvalue weighted by atomic mass is 16.4. The maximum absolute atomic E-state index is 13.1. The number of rotatable bonds is 7. The molecular formula is C25H27N3O4. The first-order chi connectivity index (χ1) is 15.4. The summed E-state index contributed by atoms with van der Waals surface area (Å²) < 4.78 is 3.11. The summed E-state index contributed by atoms with van der Waals surface area (Å²) in [6.07, 6.45) is 8.10. The summed E-state index contributed by atoms with van der Waals surface area (Å²) in [5, 5.41) is 14.0. The number of allylic oxidation sites excluding steroid dienone is 2. The average molecular weight is 434 g/mol. The molecule has 0 radical (unpaired) electrons. The standard InChI is InChI=1S/C25H27N3O4/c1-16-14-21(17(2)27(16)13-12-18-8-4-3-5-9-18)22(29)15-28-24(30)20-11-7-6-10-19(20)23(26-28)25(31)32/h6-8,10-11,14H,3-5,9,12-13,15H2,1-2H3,(H,31,32). The summed E-state index contributed by atoms with van der Waals surface area (Å²) in [5.41, 5.74) is 3.16. The number of benzene rings is 1. The summed E-state index contributed by atoms with van der Waals surface area (Å²) in [7, 11) is 0. The van der Waals surface area contributed by atoms with Gasteiger partial charge in [0.15, 0.2) is 11.5 Å². The fourth-order valence-electron chi connectivity index (χ4n) is 4.54. The first-order valence-electron chi connectivity index (χ1n) is 11.0. The smallest absolute Gasteiger partial charge is 0.357 e. The molecule has 2 heterocycles. The topological polar surface area (TPSA) is 94.2 Å². The number of carbonyl (C=O) groups is 2. The van der Waals surface area contributed by atoms with Crippen molar-refractivity contribution in [3.8, 4) is 0 Å². The predicted octanol–water partition coefficient (Wildman–Crippen LogP) is 4.29. The lowest BCUT2D eigenvalue weighted by Gasteiger charge is -2.15. The van der Waals surface area contributed by atoms with Crippen molar-refractivity contribution >= 4 is 22.5 Å². The number of carboxylic acid groups (broad SMARTS) is 1. The van der Waals surface area contributed by atoms with Crippen molar-refractivity contribution in [3.05, 3.63) is 75.0 Å². The van der Waals surface area contributed by atoms with E-state index in [0.29, 0.717) is 5.56 Å². The lowest BCUT2D eigenvalue weighted by molar-refractivity contribution is 0.0688. The Kier molecular flexibility index (Phi) is 6.08. The third kappa shape index (κ3) is 4.15. The van der Waals surface area contributed by atoms with E-state index in [9.17, 15) is 19.5 Å². The maximum Gasteiger partial charge on any atom is 0.357 e. The highest BCUT2D eigenvalue weighted by Gasteiger charge is 2.20. The fourth-order valence-corrected chi connectivity index (χ4v) is 4.54. The van der Waals surface area contributed by atoms with Crippen LogP contribution >= 0.6 is 0 Å². The number of hydrogen-bond acceptors (Lipinski definition) is 4. The Labute approximate surface area is 186 Å². The Morgan fingerprint density at radius 2 is 1.88 bits per heavy atom. The molecule has 1 aliphatic carbocycles. The van der Waals surface area contributed by atoms with E-state index in [-0.39, 0.29) is 28.8 Å².